The maximum atomic E-state index is 14.2. The quantitative estimate of drug-likeness (QED) is 0.608. The molecule has 0 bridgehead atoms. The predicted molar refractivity (Wildman–Crippen MR) is 121 cm³/mol. The van der Waals surface area contributed by atoms with Gasteiger partial charge in [0.25, 0.3) is 5.91 Å². The van der Waals surface area contributed by atoms with Gasteiger partial charge in [-0.05, 0) is 79.6 Å². The van der Waals surface area contributed by atoms with Crippen molar-refractivity contribution >= 4 is 12.0 Å². The number of hydrogen-bond acceptors (Lipinski definition) is 3. The van der Waals surface area contributed by atoms with Gasteiger partial charge in [-0.2, -0.15) is 5.10 Å². The Bertz CT molecular complexity index is 1280. The summed E-state index contributed by atoms with van der Waals surface area (Å²) in [5.74, 6) is -1.74. The molecule has 3 N–H and O–H groups in total. The van der Waals surface area contributed by atoms with Crippen LogP contribution in [0.15, 0.2) is 54.2 Å². The summed E-state index contributed by atoms with van der Waals surface area (Å²) in [5, 5.41) is 16.3. The molecule has 3 aromatic rings. The van der Waals surface area contributed by atoms with Gasteiger partial charge in [0.1, 0.15) is 11.6 Å². The molecule has 0 unspecified atom stereocenters. The molecule has 2 aliphatic carbocycles. The topological polar surface area (TPSA) is 81.1 Å². The first-order chi connectivity index (χ1) is 15.7. The lowest BCUT2D eigenvalue weighted by atomic mass is 9.65. The Hall–Kier alpha value is -3.32. The average Bonchev–Trinajstić information content (AvgIpc) is 3.29. The van der Waals surface area contributed by atoms with E-state index in [0.29, 0.717) is 31.2 Å². The zero-order valence-corrected chi connectivity index (χ0v) is 18.3. The maximum Gasteiger partial charge on any atom is 0.251 e. The average molecular weight is 450 g/mol. The monoisotopic (exact) mass is 449 g/mol. The predicted octanol–water partition coefficient (Wildman–Crippen LogP) is 4.35. The molecule has 0 radical (unpaired) electrons. The number of carbonyl (C=O) groups is 1. The minimum Gasteiger partial charge on any atom is -0.389 e. The van der Waals surface area contributed by atoms with E-state index in [-0.39, 0.29) is 11.4 Å². The Morgan fingerprint density at radius 2 is 1.97 bits per heavy atom. The van der Waals surface area contributed by atoms with Gasteiger partial charge in [-0.15, -0.1) is 0 Å². The summed E-state index contributed by atoms with van der Waals surface area (Å²) in [7, 11) is 0. The second kappa shape index (κ2) is 7.63. The number of rotatable bonds is 5. The van der Waals surface area contributed by atoms with Crippen LogP contribution in [0.1, 0.15) is 53.4 Å². The molecule has 1 aromatic heterocycles. The molecule has 2 aliphatic rings. The van der Waals surface area contributed by atoms with Gasteiger partial charge in [0, 0.05) is 5.41 Å². The van der Waals surface area contributed by atoms with Crippen molar-refractivity contribution in [1.82, 2.24) is 9.78 Å². The van der Waals surface area contributed by atoms with Gasteiger partial charge in [-0.25, -0.2) is 13.5 Å². The highest BCUT2D eigenvalue weighted by atomic mass is 19.1. The summed E-state index contributed by atoms with van der Waals surface area (Å²) in [6.45, 7) is 2.06. The van der Waals surface area contributed by atoms with Crippen molar-refractivity contribution < 1.29 is 18.7 Å². The Morgan fingerprint density at radius 1 is 1.21 bits per heavy atom. The van der Waals surface area contributed by atoms with Crippen molar-refractivity contribution in [3.8, 4) is 5.69 Å². The number of amides is 1. The zero-order valence-electron chi connectivity index (χ0n) is 18.3. The van der Waals surface area contributed by atoms with E-state index in [1.165, 1.54) is 18.2 Å². The van der Waals surface area contributed by atoms with Crippen molar-refractivity contribution in [3.63, 3.8) is 0 Å². The van der Waals surface area contributed by atoms with Gasteiger partial charge in [0.15, 0.2) is 0 Å². The normalized spacial score (nSPS) is 23.7. The highest BCUT2D eigenvalue weighted by molar-refractivity contribution is 5.94. The van der Waals surface area contributed by atoms with Crippen LogP contribution in [0.5, 0.6) is 0 Å². The van der Waals surface area contributed by atoms with Crippen LogP contribution in [-0.4, -0.2) is 26.4 Å². The third-order valence-electron chi connectivity index (χ3n) is 7.51. The van der Waals surface area contributed by atoms with E-state index in [4.69, 9.17) is 5.73 Å². The minimum atomic E-state index is -1.02. The van der Waals surface area contributed by atoms with Crippen LogP contribution in [0, 0.1) is 17.0 Å². The van der Waals surface area contributed by atoms with Crippen LogP contribution in [0.3, 0.4) is 0 Å². The first-order valence-corrected chi connectivity index (χ1v) is 11.1. The number of nitrogens with two attached hydrogens (primary N) is 1. The Kier molecular flexibility index (Phi) is 4.97. The van der Waals surface area contributed by atoms with E-state index in [9.17, 15) is 18.7 Å². The van der Waals surface area contributed by atoms with E-state index in [2.05, 4.69) is 18.1 Å². The molecule has 2 atom stereocenters. The van der Waals surface area contributed by atoms with Gasteiger partial charge in [0.05, 0.1) is 28.7 Å². The highest BCUT2D eigenvalue weighted by Gasteiger charge is 2.54. The number of benzene rings is 2. The largest absolute Gasteiger partial charge is 0.389 e. The van der Waals surface area contributed by atoms with Gasteiger partial charge >= 0.3 is 0 Å². The van der Waals surface area contributed by atoms with Crippen LogP contribution in [0.25, 0.3) is 11.8 Å². The molecule has 5 nitrogen and oxygen atoms in total. The van der Waals surface area contributed by atoms with Crippen LogP contribution < -0.4 is 5.73 Å². The summed E-state index contributed by atoms with van der Waals surface area (Å²) in [6.07, 6.45) is 6.52. The fourth-order valence-corrected chi connectivity index (χ4v) is 5.51. The van der Waals surface area contributed by atoms with E-state index in [1.54, 1.807) is 35.1 Å². The molecule has 5 rings (SSSR count). The van der Waals surface area contributed by atoms with Crippen molar-refractivity contribution in [2.24, 2.45) is 11.1 Å². The number of aliphatic hydroxyl groups is 1. The lowest BCUT2D eigenvalue weighted by Crippen LogP contribution is -2.45. The third kappa shape index (κ3) is 3.38. The molecule has 170 valence electrons. The first-order valence-electron chi connectivity index (χ1n) is 11.1. The molecular weight excluding hydrogens is 424 g/mol. The Morgan fingerprint density at radius 3 is 2.70 bits per heavy atom. The molecule has 0 spiro atoms. The van der Waals surface area contributed by atoms with Crippen molar-refractivity contribution in [3.05, 3.63) is 88.3 Å². The number of aromatic nitrogens is 2. The number of aryl methyl sites for hydroxylation is 1. The molecular formula is C26H25F2N3O2. The first kappa shape index (κ1) is 21.5. The van der Waals surface area contributed by atoms with E-state index in [0.717, 1.165) is 28.9 Å². The van der Waals surface area contributed by atoms with Crippen LogP contribution in [0.2, 0.25) is 0 Å². The fourth-order valence-electron chi connectivity index (χ4n) is 5.51. The SMILES string of the molecule is C[C@]12Cc3cnn(-c4ccc(F)cc4)c3C=C1CC[C@@]2(O)CCc1cccc(F)c1C(N)=O. The van der Waals surface area contributed by atoms with E-state index >= 15 is 0 Å². The van der Waals surface area contributed by atoms with Gasteiger partial charge < -0.3 is 10.8 Å². The minimum absolute atomic E-state index is 0.105. The summed E-state index contributed by atoms with van der Waals surface area (Å²) in [5.41, 5.74) is 8.14. The van der Waals surface area contributed by atoms with Crippen LogP contribution in [-0.2, 0) is 12.8 Å². The number of hydrogen-bond donors (Lipinski definition) is 2. The summed E-state index contributed by atoms with van der Waals surface area (Å²) in [4.78, 5) is 11.8. The summed E-state index contributed by atoms with van der Waals surface area (Å²) >= 11 is 0. The summed E-state index contributed by atoms with van der Waals surface area (Å²) < 4.78 is 29.3. The lowest BCUT2D eigenvalue weighted by Gasteiger charge is -2.42. The molecule has 1 saturated carbocycles. The number of nitrogens with zero attached hydrogens (tertiary/aromatic N) is 2. The number of fused-ring (bicyclic) bond motifs is 2. The van der Waals surface area contributed by atoms with Crippen LogP contribution >= 0.6 is 0 Å². The lowest BCUT2D eigenvalue weighted by molar-refractivity contribution is -0.0462. The maximum absolute atomic E-state index is 14.2. The highest BCUT2D eigenvalue weighted by Crippen LogP contribution is 2.56. The Labute approximate surface area is 190 Å². The molecule has 0 aliphatic heterocycles. The molecule has 1 fully saturated rings. The number of carbonyl (C=O) groups excluding carboxylic acids is 1. The molecule has 7 heteroatoms. The third-order valence-corrected chi connectivity index (χ3v) is 7.51. The Balaban J connectivity index is 1.44. The number of halogens is 2. The second-order valence-electron chi connectivity index (χ2n) is 9.29. The van der Waals surface area contributed by atoms with Crippen molar-refractivity contribution in [2.45, 2.75) is 44.6 Å². The summed E-state index contributed by atoms with van der Waals surface area (Å²) in [6, 6.07) is 10.7. The fraction of sp³-hybridized carbons (Fsp3) is 0.308. The van der Waals surface area contributed by atoms with Crippen molar-refractivity contribution in [1.29, 1.82) is 0 Å². The zero-order chi connectivity index (χ0) is 23.4. The van der Waals surface area contributed by atoms with Gasteiger partial charge in [0.2, 0.25) is 0 Å². The smallest absolute Gasteiger partial charge is 0.251 e. The number of primary amides is 1. The van der Waals surface area contributed by atoms with Crippen molar-refractivity contribution in [2.75, 3.05) is 0 Å². The van der Waals surface area contributed by atoms with Crippen LogP contribution in [0.4, 0.5) is 8.78 Å². The van der Waals surface area contributed by atoms with E-state index < -0.39 is 22.7 Å². The molecule has 1 amide bonds. The second-order valence-corrected chi connectivity index (χ2v) is 9.29. The molecule has 2 aromatic carbocycles. The standard InChI is InChI=1S/C26H25F2N3O2/c1-25-14-17-15-30-31(20-7-5-19(27)6-8-20)22(17)13-18(25)10-12-26(25,33)11-9-16-3-2-4-21(28)23(16)24(29)32/h2-8,13,15,33H,9-12,14H2,1H3,(H2,29,32)/t25-,26-/m0/s1. The van der Waals surface area contributed by atoms with Gasteiger partial charge in [-0.3, -0.25) is 4.79 Å². The van der Waals surface area contributed by atoms with Gasteiger partial charge in [-0.1, -0.05) is 24.6 Å². The molecule has 33 heavy (non-hydrogen) atoms. The van der Waals surface area contributed by atoms with E-state index in [1.807, 2.05) is 0 Å². The molecule has 1 heterocycles. The molecule has 0 saturated heterocycles.